The van der Waals surface area contributed by atoms with Crippen LogP contribution >= 0.6 is 0 Å². The molecule has 1 saturated carbocycles. The van der Waals surface area contributed by atoms with Crippen molar-refractivity contribution >= 4 is 5.69 Å². The van der Waals surface area contributed by atoms with Crippen molar-refractivity contribution in [1.82, 2.24) is 10.3 Å². The average molecular weight is 293 g/mol. The van der Waals surface area contributed by atoms with Crippen LogP contribution in [0, 0.1) is 0 Å². The van der Waals surface area contributed by atoms with Gasteiger partial charge in [0.05, 0.1) is 25.1 Å². The highest BCUT2D eigenvalue weighted by molar-refractivity contribution is 5.52. The number of hydrogen-bond donors (Lipinski definition) is 1. The fraction of sp³-hybridized carbons (Fsp3) is 0.688. The highest BCUT2D eigenvalue weighted by Gasteiger charge is 2.22. The van der Waals surface area contributed by atoms with E-state index in [0.29, 0.717) is 19.3 Å². The van der Waals surface area contributed by atoms with Gasteiger partial charge >= 0.3 is 0 Å². The molecule has 1 heterocycles. The van der Waals surface area contributed by atoms with Crippen molar-refractivity contribution in [2.24, 2.45) is 0 Å². The number of methoxy groups -OCH3 is 2. The molecule has 118 valence electrons. The Morgan fingerprint density at radius 3 is 2.86 bits per heavy atom. The van der Waals surface area contributed by atoms with Gasteiger partial charge in [-0.3, -0.25) is 4.98 Å². The summed E-state index contributed by atoms with van der Waals surface area (Å²) in [4.78, 5) is 6.63. The van der Waals surface area contributed by atoms with Crippen molar-refractivity contribution in [2.75, 3.05) is 38.9 Å². The minimum Gasteiger partial charge on any atom is -0.383 e. The molecule has 1 unspecified atom stereocenters. The predicted molar refractivity (Wildman–Crippen MR) is 84.7 cm³/mol. The Balaban J connectivity index is 2.11. The molecule has 1 N–H and O–H groups in total. The van der Waals surface area contributed by atoms with Gasteiger partial charge in [0, 0.05) is 45.6 Å². The van der Waals surface area contributed by atoms with Crippen LogP contribution in [0.25, 0.3) is 0 Å². The lowest BCUT2D eigenvalue weighted by Gasteiger charge is -2.32. The van der Waals surface area contributed by atoms with Gasteiger partial charge in [0.15, 0.2) is 0 Å². The van der Waals surface area contributed by atoms with Crippen LogP contribution in [0.3, 0.4) is 0 Å². The lowest BCUT2D eigenvalue weighted by atomic mass is 10.1. The van der Waals surface area contributed by atoms with Crippen LogP contribution in [0.4, 0.5) is 5.69 Å². The average Bonchev–Trinajstić information content (AvgIpc) is 3.31. The first-order valence-electron chi connectivity index (χ1n) is 7.67. The molecule has 1 aromatic rings. The normalized spacial score (nSPS) is 16.0. The number of nitrogens with zero attached hydrogens (tertiary/aromatic N) is 2. The van der Waals surface area contributed by atoms with Gasteiger partial charge in [-0.25, -0.2) is 0 Å². The van der Waals surface area contributed by atoms with Crippen LogP contribution < -0.4 is 10.2 Å². The molecule has 5 nitrogen and oxygen atoms in total. The largest absolute Gasteiger partial charge is 0.383 e. The first kappa shape index (κ1) is 16.2. The van der Waals surface area contributed by atoms with E-state index in [-0.39, 0.29) is 6.04 Å². The summed E-state index contributed by atoms with van der Waals surface area (Å²) in [5.41, 5.74) is 2.46. The second-order valence-electron chi connectivity index (χ2n) is 5.65. The van der Waals surface area contributed by atoms with Gasteiger partial charge in [0.1, 0.15) is 0 Å². The molecule has 0 aromatic carbocycles. The molecule has 0 spiro atoms. The number of rotatable bonds is 10. The number of nitrogens with one attached hydrogen (secondary N) is 1. The van der Waals surface area contributed by atoms with Crippen molar-refractivity contribution in [2.45, 2.75) is 38.4 Å². The van der Waals surface area contributed by atoms with Crippen molar-refractivity contribution < 1.29 is 9.47 Å². The standard InChI is InChI=1S/C16H27N3O2/c1-13(12-21-3)19(8-9-20-2)16-11-17-7-6-14(16)10-18-15-4-5-15/h6-7,11,13,15,18H,4-5,8-10,12H2,1-3H3. The van der Waals surface area contributed by atoms with Gasteiger partial charge < -0.3 is 19.7 Å². The summed E-state index contributed by atoms with van der Waals surface area (Å²) in [5.74, 6) is 0. The van der Waals surface area contributed by atoms with E-state index >= 15 is 0 Å². The SMILES string of the molecule is COCCN(c1cnccc1CNC1CC1)C(C)COC. The lowest BCUT2D eigenvalue weighted by molar-refractivity contribution is 0.171. The van der Waals surface area contributed by atoms with Crippen molar-refractivity contribution in [3.8, 4) is 0 Å². The molecule has 21 heavy (non-hydrogen) atoms. The van der Waals surface area contributed by atoms with Crippen molar-refractivity contribution in [3.05, 3.63) is 24.0 Å². The van der Waals surface area contributed by atoms with Crippen molar-refractivity contribution in [3.63, 3.8) is 0 Å². The van der Waals surface area contributed by atoms with Crippen molar-refractivity contribution in [1.29, 1.82) is 0 Å². The van der Waals surface area contributed by atoms with E-state index < -0.39 is 0 Å². The number of anilines is 1. The van der Waals surface area contributed by atoms with Crippen LogP contribution in [-0.4, -0.2) is 51.0 Å². The van der Waals surface area contributed by atoms with Gasteiger partial charge in [-0.2, -0.15) is 0 Å². The maximum absolute atomic E-state index is 5.32. The van der Waals surface area contributed by atoms with E-state index in [9.17, 15) is 0 Å². The van der Waals surface area contributed by atoms with E-state index in [1.165, 1.54) is 24.1 Å². The summed E-state index contributed by atoms with van der Waals surface area (Å²) >= 11 is 0. The van der Waals surface area contributed by atoms with Gasteiger partial charge in [0.2, 0.25) is 0 Å². The molecule has 1 fully saturated rings. The summed E-state index contributed by atoms with van der Waals surface area (Å²) in [5, 5.41) is 3.58. The summed E-state index contributed by atoms with van der Waals surface area (Å²) in [6, 6.07) is 3.09. The lowest BCUT2D eigenvalue weighted by Crippen LogP contribution is -2.39. The van der Waals surface area contributed by atoms with E-state index in [1.54, 1.807) is 14.2 Å². The Kier molecular flexibility index (Phi) is 6.42. The summed E-state index contributed by atoms with van der Waals surface area (Å²) in [6.45, 7) is 5.28. The van der Waals surface area contributed by atoms with Gasteiger partial charge in [-0.15, -0.1) is 0 Å². The van der Waals surface area contributed by atoms with Crippen LogP contribution in [-0.2, 0) is 16.0 Å². The zero-order chi connectivity index (χ0) is 15.1. The second kappa shape index (κ2) is 8.32. The third kappa shape index (κ3) is 4.95. The monoisotopic (exact) mass is 293 g/mol. The van der Waals surface area contributed by atoms with Gasteiger partial charge in [-0.05, 0) is 31.4 Å². The zero-order valence-electron chi connectivity index (χ0n) is 13.3. The Morgan fingerprint density at radius 1 is 1.38 bits per heavy atom. The second-order valence-corrected chi connectivity index (χ2v) is 5.65. The summed E-state index contributed by atoms with van der Waals surface area (Å²) < 4.78 is 10.6. The van der Waals surface area contributed by atoms with E-state index in [1.807, 2.05) is 12.4 Å². The Bertz CT molecular complexity index is 424. The minimum absolute atomic E-state index is 0.286. The topological polar surface area (TPSA) is 46.6 Å². The van der Waals surface area contributed by atoms with Gasteiger partial charge in [-0.1, -0.05) is 0 Å². The molecule has 5 heteroatoms. The molecular weight excluding hydrogens is 266 g/mol. The smallest absolute Gasteiger partial charge is 0.0663 e. The molecule has 1 aliphatic rings. The molecule has 2 rings (SSSR count). The highest BCUT2D eigenvalue weighted by atomic mass is 16.5. The molecule has 1 aliphatic carbocycles. The first-order valence-corrected chi connectivity index (χ1v) is 7.67. The molecule has 0 aliphatic heterocycles. The minimum atomic E-state index is 0.286. The van der Waals surface area contributed by atoms with Gasteiger partial charge in [0.25, 0.3) is 0 Å². The third-order valence-corrected chi connectivity index (χ3v) is 3.83. The number of hydrogen-bond acceptors (Lipinski definition) is 5. The first-order chi connectivity index (χ1) is 10.3. The third-order valence-electron chi connectivity index (χ3n) is 3.83. The molecule has 0 bridgehead atoms. The fourth-order valence-electron chi connectivity index (χ4n) is 2.46. The Hall–Kier alpha value is -1.17. The van der Waals surface area contributed by atoms with E-state index in [0.717, 1.165) is 13.1 Å². The molecule has 0 amide bonds. The highest BCUT2D eigenvalue weighted by Crippen LogP contribution is 2.24. The summed E-state index contributed by atoms with van der Waals surface area (Å²) in [7, 11) is 3.47. The molecule has 1 atom stereocenters. The summed E-state index contributed by atoms with van der Waals surface area (Å²) in [6.07, 6.45) is 6.41. The Morgan fingerprint density at radius 2 is 2.19 bits per heavy atom. The van der Waals surface area contributed by atoms with Crippen LogP contribution in [0.5, 0.6) is 0 Å². The maximum Gasteiger partial charge on any atom is 0.0663 e. The molecular formula is C16H27N3O2. The van der Waals surface area contributed by atoms with E-state index in [4.69, 9.17) is 9.47 Å². The van der Waals surface area contributed by atoms with Crippen LogP contribution in [0.2, 0.25) is 0 Å². The number of aromatic nitrogens is 1. The molecule has 1 aromatic heterocycles. The maximum atomic E-state index is 5.32. The zero-order valence-corrected chi connectivity index (χ0v) is 13.3. The fourth-order valence-corrected chi connectivity index (χ4v) is 2.46. The molecule has 0 saturated heterocycles. The number of pyridine rings is 1. The van der Waals surface area contributed by atoms with Crippen LogP contribution in [0.1, 0.15) is 25.3 Å². The quantitative estimate of drug-likeness (QED) is 0.713. The van der Waals surface area contributed by atoms with E-state index in [2.05, 4.69) is 28.2 Å². The predicted octanol–water partition coefficient (Wildman–Crippen LogP) is 1.82. The number of ether oxygens (including phenoxy) is 2. The molecule has 0 radical (unpaired) electrons. The Labute approximate surface area is 127 Å². The van der Waals surface area contributed by atoms with Crippen LogP contribution in [0.15, 0.2) is 18.5 Å².